The number of fused-ring (bicyclic) bond motifs is 1. The number of nitrogen functional groups attached to an aromatic ring is 1. The maximum atomic E-state index is 5.82. The number of nitrogens with two attached hydrogens (primary N) is 1. The van der Waals surface area contributed by atoms with Crippen LogP contribution in [0, 0.1) is 0 Å². The number of hydrogen-bond acceptors (Lipinski definition) is 6. The van der Waals surface area contributed by atoms with Gasteiger partial charge in [-0.3, -0.25) is 14.5 Å². The van der Waals surface area contributed by atoms with E-state index in [0.717, 1.165) is 51.5 Å². The van der Waals surface area contributed by atoms with Crippen LogP contribution in [0.4, 0.5) is 11.4 Å². The fourth-order valence-electron chi connectivity index (χ4n) is 6.10. The SMILES string of the molecule is Cn1nc(C2CCCNC2)c2cccc(N3CCN(C4CN(Cc5ccc(N)cc5)C4)CC3)c21. The minimum atomic E-state index is 0.527. The van der Waals surface area contributed by atoms with E-state index in [4.69, 9.17) is 10.8 Å². The third-order valence-corrected chi connectivity index (χ3v) is 8.05. The number of nitrogens with zero attached hydrogens (tertiary/aromatic N) is 5. The van der Waals surface area contributed by atoms with Gasteiger partial charge in [-0.05, 0) is 43.1 Å². The van der Waals surface area contributed by atoms with Gasteiger partial charge in [0.15, 0.2) is 0 Å². The Labute approximate surface area is 202 Å². The highest BCUT2D eigenvalue weighted by atomic mass is 15.4. The molecule has 180 valence electrons. The minimum absolute atomic E-state index is 0.527. The second-order valence-electron chi connectivity index (χ2n) is 10.3. The molecule has 3 fully saturated rings. The molecule has 3 aromatic rings. The molecular weight excluding hydrogens is 422 g/mol. The molecule has 1 unspecified atom stereocenters. The van der Waals surface area contributed by atoms with Gasteiger partial charge < -0.3 is 16.0 Å². The zero-order chi connectivity index (χ0) is 23.1. The van der Waals surface area contributed by atoms with Crippen molar-refractivity contribution in [3.63, 3.8) is 0 Å². The lowest BCUT2D eigenvalue weighted by atomic mass is 9.94. The van der Waals surface area contributed by atoms with Crippen LogP contribution in [0.1, 0.15) is 30.0 Å². The van der Waals surface area contributed by atoms with Crippen molar-refractivity contribution in [2.75, 3.05) is 63.0 Å². The molecule has 3 aliphatic rings. The molecule has 3 aliphatic heterocycles. The fourth-order valence-corrected chi connectivity index (χ4v) is 6.10. The Hall–Kier alpha value is -2.61. The molecule has 7 heteroatoms. The highest BCUT2D eigenvalue weighted by Crippen LogP contribution is 2.34. The van der Waals surface area contributed by atoms with E-state index in [9.17, 15) is 0 Å². The first-order chi connectivity index (χ1) is 16.7. The molecule has 2 aromatic carbocycles. The van der Waals surface area contributed by atoms with Crippen LogP contribution in [0.15, 0.2) is 42.5 Å². The Balaban J connectivity index is 1.08. The van der Waals surface area contributed by atoms with Gasteiger partial charge in [0.1, 0.15) is 0 Å². The summed E-state index contributed by atoms with van der Waals surface area (Å²) in [5.74, 6) is 0.527. The van der Waals surface area contributed by atoms with E-state index in [2.05, 4.69) is 62.1 Å². The lowest BCUT2D eigenvalue weighted by molar-refractivity contribution is 0.0256. The van der Waals surface area contributed by atoms with E-state index in [1.807, 2.05) is 12.1 Å². The number of aryl methyl sites for hydroxylation is 1. The summed E-state index contributed by atoms with van der Waals surface area (Å²) in [6.45, 7) is 9.97. The number of likely N-dealkylation sites (tertiary alicyclic amines) is 1. The van der Waals surface area contributed by atoms with Crippen molar-refractivity contribution in [1.29, 1.82) is 0 Å². The summed E-state index contributed by atoms with van der Waals surface area (Å²) in [6, 6.07) is 15.8. The third-order valence-electron chi connectivity index (χ3n) is 8.05. The summed E-state index contributed by atoms with van der Waals surface area (Å²) in [6.07, 6.45) is 2.47. The average molecular weight is 460 g/mol. The van der Waals surface area contributed by atoms with Gasteiger partial charge in [-0.15, -0.1) is 0 Å². The summed E-state index contributed by atoms with van der Waals surface area (Å²) in [7, 11) is 2.12. The van der Waals surface area contributed by atoms with Gasteiger partial charge in [0, 0.05) is 82.4 Å². The first-order valence-electron chi connectivity index (χ1n) is 12.9. The fraction of sp³-hybridized carbons (Fsp3) is 0.519. The molecular formula is C27H37N7. The van der Waals surface area contributed by atoms with Crippen molar-refractivity contribution < 1.29 is 0 Å². The third kappa shape index (κ3) is 4.17. The van der Waals surface area contributed by atoms with E-state index in [-0.39, 0.29) is 0 Å². The number of hydrogen-bond donors (Lipinski definition) is 2. The lowest BCUT2D eigenvalue weighted by Crippen LogP contribution is -2.62. The van der Waals surface area contributed by atoms with Gasteiger partial charge in [0.2, 0.25) is 0 Å². The van der Waals surface area contributed by atoms with Crippen LogP contribution in [0.5, 0.6) is 0 Å². The second-order valence-corrected chi connectivity index (χ2v) is 10.3. The first-order valence-corrected chi connectivity index (χ1v) is 12.9. The zero-order valence-corrected chi connectivity index (χ0v) is 20.3. The van der Waals surface area contributed by atoms with Crippen LogP contribution in [0.25, 0.3) is 10.9 Å². The van der Waals surface area contributed by atoms with Crippen LogP contribution < -0.4 is 16.0 Å². The highest BCUT2D eigenvalue weighted by molar-refractivity contribution is 5.93. The van der Waals surface area contributed by atoms with Crippen molar-refractivity contribution in [3.8, 4) is 0 Å². The molecule has 1 atom stereocenters. The van der Waals surface area contributed by atoms with E-state index in [0.29, 0.717) is 12.0 Å². The van der Waals surface area contributed by atoms with Crippen LogP contribution >= 0.6 is 0 Å². The maximum Gasteiger partial charge on any atom is 0.0915 e. The van der Waals surface area contributed by atoms with Crippen molar-refractivity contribution >= 4 is 22.3 Å². The van der Waals surface area contributed by atoms with Gasteiger partial charge in [-0.2, -0.15) is 5.10 Å². The molecule has 0 amide bonds. The summed E-state index contributed by atoms with van der Waals surface area (Å²) < 4.78 is 2.13. The molecule has 0 saturated carbocycles. The average Bonchev–Trinajstić information content (AvgIpc) is 3.20. The van der Waals surface area contributed by atoms with Crippen LogP contribution in [0.3, 0.4) is 0 Å². The minimum Gasteiger partial charge on any atom is -0.399 e. The molecule has 0 bridgehead atoms. The van der Waals surface area contributed by atoms with Gasteiger partial charge in [-0.25, -0.2) is 0 Å². The largest absolute Gasteiger partial charge is 0.399 e. The number of piperazine rings is 1. The van der Waals surface area contributed by atoms with E-state index >= 15 is 0 Å². The standard InChI is InChI=1S/C27H37N7/c1-31-27-24(26(30-31)21-4-3-11-29-16-21)5-2-6-25(27)34-14-12-33(13-15-34)23-18-32(19-23)17-20-7-9-22(28)10-8-20/h2,5-10,21,23,29H,3-4,11-19,28H2,1H3. The quantitative estimate of drug-likeness (QED) is 0.572. The van der Waals surface area contributed by atoms with Crippen LogP contribution in [-0.4, -0.2) is 78.0 Å². The maximum absolute atomic E-state index is 5.82. The normalized spacial score (nSPS) is 22.9. The number of benzene rings is 2. The summed E-state index contributed by atoms with van der Waals surface area (Å²) in [4.78, 5) is 7.81. The molecule has 4 heterocycles. The molecule has 0 aliphatic carbocycles. The number of anilines is 2. The number of nitrogens with one attached hydrogen (secondary N) is 1. The van der Waals surface area contributed by atoms with Crippen molar-refractivity contribution in [3.05, 3.63) is 53.7 Å². The zero-order valence-electron chi connectivity index (χ0n) is 20.3. The van der Waals surface area contributed by atoms with Crippen molar-refractivity contribution in [2.24, 2.45) is 7.05 Å². The van der Waals surface area contributed by atoms with Gasteiger partial charge in [0.05, 0.1) is 16.9 Å². The van der Waals surface area contributed by atoms with Gasteiger partial charge >= 0.3 is 0 Å². The number of para-hydroxylation sites is 1. The molecule has 34 heavy (non-hydrogen) atoms. The molecule has 6 rings (SSSR count). The molecule has 1 aromatic heterocycles. The summed E-state index contributed by atoms with van der Waals surface area (Å²) in [5.41, 5.74) is 11.9. The second kappa shape index (κ2) is 9.21. The number of aromatic nitrogens is 2. The van der Waals surface area contributed by atoms with Crippen molar-refractivity contribution in [2.45, 2.75) is 31.3 Å². The monoisotopic (exact) mass is 459 g/mol. The van der Waals surface area contributed by atoms with Crippen LogP contribution in [-0.2, 0) is 13.6 Å². The van der Waals surface area contributed by atoms with Gasteiger partial charge in [0.25, 0.3) is 0 Å². The predicted molar refractivity (Wildman–Crippen MR) is 139 cm³/mol. The molecule has 0 spiro atoms. The lowest BCUT2D eigenvalue weighted by Gasteiger charge is -2.48. The van der Waals surface area contributed by atoms with E-state index < -0.39 is 0 Å². The Bertz CT molecular complexity index is 1120. The molecule has 3 saturated heterocycles. The topological polar surface area (TPSA) is 65.6 Å². The number of rotatable bonds is 5. The van der Waals surface area contributed by atoms with E-state index in [1.54, 1.807) is 0 Å². The summed E-state index contributed by atoms with van der Waals surface area (Å²) >= 11 is 0. The molecule has 7 nitrogen and oxygen atoms in total. The Morgan fingerprint density at radius 2 is 1.82 bits per heavy atom. The van der Waals surface area contributed by atoms with Gasteiger partial charge in [-0.1, -0.05) is 24.3 Å². The first kappa shape index (κ1) is 21.9. The molecule has 3 N–H and O–H groups in total. The molecule has 0 radical (unpaired) electrons. The van der Waals surface area contributed by atoms with Crippen LogP contribution in [0.2, 0.25) is 0 Å². The Kier molecular flexibility index (Phi) is 5.93. The Morgan fingerprint density at radius 1 is 1.03 bits per heavy atom. The predicted octanol–water partition coefficient (Wildman–Crippen LogP) is 2.63. The summed E-state index contributed by atoms with van der Waals surface area (Å²) in [5, 5.41) is 9.91. The van der Waals surface area contributed by atoms with E-state index in [1.165, 1.54) is 53.8 Å². The van der Waals surface area contributed by atoms with Crippen molar-refractivity contribution in [1.82, 2.24) is 24.9 Å². The smallest absolute Gasteiger partial charge is 0.0915 e. The Morgan fingerprint density at radius 3 is 2.56 bits per heavy atom. The number of piperidine rings is 1. The highest BCUT2D eigenvalue weighted by Gasteiger charge is 2.34.